The summed E-state index contributed by atoms with van der Waals surface area (Å²) in [5.41, 5.74) is 5.76. The van der Waals surface area contributed by atoms with Crippen LogP contribution in [0.15, 0.2) is 4.99 Å². The molecule has 0 radical (unpaired) electrons. The molecule has 0 heterocycles. The molecule has 1 aliphatic carbocycles. The molecule has 3 N–H and O–H groups in total. The summed E-state index contributed by atoms with van der Waals surface area (Å²) in [7, 11) is 2.21. The van der Waals surface area contributed by atoms with E-state index in [-0.39, 0.29) is 0 Å². The van der Waals surface area contributed by atoms with Gasteiger partial charge < -0.3 is 16.0 Å². The van der Waals surface area contributed by atoms with E-state index in [9.17, 15) is 0 Å². The molecule has 1 fully saturated rings. The van der Waals surface area contributed by atoms with Gasteiger partial charge in [0, 0.05) is 18.6 Å². The second kappa shape index (κ2) is 7.54. The van der Waals surface area contributed by atoms with E-state index >= 15 is 0 Å². The molecule has 0 aromatic heterocycles. The third kappa shape index (κ3) is 5.91. The number of aliphatic imine (C=N–C) groups is 1. The molecule has 100 valence electrons. The van der Waals surface area contributed by atoms with E-state index in [0.717, 1.165) is 19.1 Å². The number of hydrogen-bond acceptors (Lipinski definition) is 2. The molecule has 1 rings (SSSR count). The molecule has 0 saturated heterocycles. The molecule has 0 aromatic rings. The van der Waals surface area contributed by atoms with Crippen LogP contribution in [0.4, 0.5) is 0 Å². The van der Waals surface area contributed by atoms with Crippen molar-refractivity contribution in [3.63, 3.8) is 0 Å². The molecular weight excluding hydrogens is 212 g/mol. The molecule has 0 aromatic carbocycles. The number of hydrogen-bond donors (Lipinski definition) is 2. The van der Waals surface area contributed by atoms with Crippen molar-refractivity contribution >= 4 is 5.96 Å². The Bertz CT molecular complexity index is 232. The van der Waals surface area contributed by atoms with Gasteiger partial charge in [-0.3, -0.25) is 4.99 Å². The molecular formula is C13H28N4. The minimum Gasteiger partial charge on any atom is -0.370 e. The number of rotatable bonds is 5. The molecule has 0 spiro atoms. The largest absolute Gasteiger partial charge is 0.370 e. The van der Waals surface area contributed by atoms with Crippen molar-refractivity contribution in [2.24, 2.45) is 10.7 Å². The van der Waals surface area contributed by atoms with E-state index in [1.807, 2.05) is 0 Å². The van der Waals surface area contributed by atoms with Crippen LogP contribution in [0.3, 0.4) is 0 Å². The zero-order valence-electron chi connectivity index (χ0n) is 11.6. The number of likely N-dealkylation sites (N-methyl/N-ethyl adjacent to an activating group) is 1. The first-order valence-corrected chi connectivity index (χ1v) is 6.86. The van der Waals surface area contributed by atoms with Gasteiger partial charge in [0.1, 0.15) is 0 Å². The van der Waals surface area contributed by atoms with Crippen LogP contribution in [0.1, 0.15) is 46.0 Å². The molecule has 0 amide bonds. The molecule has 0 unspecified atom stereocenters. The van der Waals surface area contributed by atoms with E-state index in [4.69, 9.17) is 5.73 Å². The first-order chi connectivity index (χ1) is 8.09. The molecule has 0 bridgehead atoms. The fraction of sp³-hybridized carbons (Fsp3) is 0.923. The second-order valence-corrected chi connectivity index (χ2v) is 5.34. The Labute approximate surface area is 106 Å². The minimum atomic E-state index is 0.356. The van der Waals surface area contributed by atoms with Crippen molar-refractivity contribution in [3.8, 4) is 0 Å². The third-order valence-electron chi connectivity index (χ3n) is 3.37. The highest BCUT2D eigenvalue weighted by atomic mass is 15.2. The Balaban J connectivity index is 2.20. The average Bonchev–Trinajstić information content (AvgIpc) is 2.29. The number of guanidine groups is 1. The van der Waals surface area contributed by atoms with Gasteiger partial charge in [0.15, 0.2) is 5.96 Å². The topological polar surface area (TPSA) is 53.6 Å². The maximum absolute atomic E-state index is 5.76. The Kier molecular flexibility index (Phi) is 6.34. The van der Waals surface area contributed by atoms with Crippen molar-refractivity contribution < 1.29 is 0 Å². The van der Waals surface area contributed by atoms with E-state index in [2.05, 4.69) is 36.1 Å². The highest BCUT2D eigenvalue weighted by molar-refractivity contribution is 5.78. The minimum absolute atomic E-state index is 0.356. The van der Waals surface area contributed by atoms with Crippen molar-refractivity contribution in [1.82, 2.24) is 10.2 Å². The predicted octanol–water partition coefficient (Wildman–Crippen LogP) is 1.56. The summed E-state index contributed by atoms with van der Waals surface area (Å²) in [5.74, 6) is 0.567. The molecule has 0 aliphatic heterocycles. The fourth-order valence-corrected chi connectivity index (χ4v) is 2.37. The van der Waals surface area contributed by atoms with Crippen molar-refractivity contribution in [3.05, 3.63) is 0 Å². The van der Waals surface area contributed by atoms with Crippen LogP contribution in [0.5, 0.6) is 0 Å². The van der Waals surface area contributed by atoms with E-state index in [0.29, 0.717) is 12.0 Å². The average molecular weight is 240 g/mol. The lowest BCUT2D eigenvalue weighted by Gasteiger charge is -2.30. The summed E-state index contributed by atoms with van der Waals surface area (Å²) in [6, 6.07) is 1.12. The van der Waals surface area contributed by atoms with Gasteiger partial charge in [0.05, 0.1) is 6.54 Å². The maximum atomic E-state index is 5.76. The number of nitrogens with two attached hydrogens (primary N) is 1. The van der Waals surface area contributed by atoms with Crippen LogP contribution < -0.4 is 11.1 Å². The molecule has 4 nitrogen and oxygen atoms in total. The Morgan fingerprint density at radius 2 is 2.00 bits per heavy atom. The lowest BCUT2D eigenvalue weighted by Crippen LogP contribution is -2.38. The van der Waals surface area contributed by atoms with Gasteiger partial charge in [-0.15, -0.1) is 0 Å². The summed E-state index contributed by atoms with van der Waals surface area (Å²) >= 11 is 0. The highest BCUT2D eigenvalue weighted by Gasteiger charge is 2.17. The van der Waals surface area contributed by atoms with Crippen LogP contribution in [-0.4, -0.2) is 43.1 Å². The van der Waals surface area contributed by atoms with Crippen LogP contribution in [0.25, 0.3) is 0 Å². The SMILES string of the molecule is CC(C)NC(N)=NCCN(C)C1CCCCC1. The van der Waals surface area contributed by atoms with Crippen molar-refractivity contribution in [2.45, 2.75) is 58.0 Å². The van der Waals surface area contributed by atoms with E-state index in [1.54, 1.807) is 0 Å². The van der Waals surface area contributed by atoms with Gasteiger partial charge in [-0.25, -0.2) is 0 Å². The summed E-state index contributed by atoms with van der Waals surface area (Å²) in [6.45, 7) is 5.93. The maximum Gasteiger partial charge on any atom is 0.188 e. The second-order valence-electron chi connectivity index (χ2n) is 5.34. The van der Waals surface area contributed by atoms with Gasteiger partial charge in [-0.05, 0) is 33.7 Å². The Morgan fingerprint density at radius 3 is 2.59 bits per heavy atom. The Hall–Kier alpha value is -0.770. The smallest absolute Gasteiger partial charge is 0.188 e. The standard InChI is InChI=1S/C13H28N4/c1-11(2)16-13(14)15-9-10-17(3)12-7-5-4-6-8-12/h11-12H,4-10H2,1-3H3,(H3,14,15,16). The fourth-order valence-electron chi connectivity index (χ4n) is 2.37. The van der Waals surface area contributed by atoms with Crippen LogP contribution >= 0.6 is 0 Å². The van der Waals surface area contributed by atoms with Crippen LogP contribution in [0.2, 0.25) is 0 Å². The molecule has 4 heteroatoms. The number of nitrogens with zero attached hydrogens (tertiary/aromatic N) is 2. The summed E-state index contributed by atoms with van der Waals surface area (Å²) in [5, 5.41) is 3.11. The summed E-state index contributed by atoms with van der Waals surface area (Å²) < 4.78 is 0. The lowest BCUT2D eigenvalue weighted by molar-refractivity contribution is 0.196. The molecule has 1 aliphatic rings. The van der Waals surface area contributed by atoms with Crippen LogP contribution in [0, 0.1) is 0 Å². The van der Waals surface area contributed by atoms with Crippen molar-refractivity contribution in [2.75, 3.05) is 20.1 Å². The molecule has 1 saturated carbocycles. The molecule has 17 heavy (non-hydrogen) atoms. The zero-order valence-corrected chi connectivity index (χ0v) is 11.6. The highest BCUT2D eigenvalue weighted by Crippen LogP contribution is 2.21. The first-order valence-electron chi connectivity index (χ1n) is 6.86. The summed E-state index contributed by atoms with van der Waals surface area (Å²) in [6.07, 6.45) is 6.87. The third-order valence-corrected chi connectivity index (χ3v) is 3.37. The number of nitrogens with one attached hydrogen (secondary N) is 1. The Morgan fingerprint density at radius 1 is 1.35 bits per heavy atom. The van der Waals surface area contributed by atoms with E-state index in [1.165, 1.54) is 32.1 Å². The molecule has 0 atom stereocenters. The first kappa shape index (κ1) is 14.3. The van der Waals surface area contributed by atoms with Gasteiger partial charge in [0.25, 0.3) is 0 Å². The predicted molar refractivity (Wildman–Crippen MR) is 74.3 cm³/mol. The zero-order chi connectivity index (χ0) is 12.7. The van der Waals surface area contributed by atoms with Gasteiger partial charge in [0.2, 0.25) is 0 Å². The van der Waals surface area contributed by atoms with Gasteiger partial charge in [-0.2, -0.15) is 0 Å². The quantitative estimate of drug-likeness (QED) is 0.566. The summed E-state index contributed by atoms with van der Waals surface area (Å²) in [4.78, 5) is 6.78. The van der Waals surface area contributed by atoms with Crippen LogP contribution in [-0.2, 0) is 0 Å². The van der Waals surface area contributed by atoms with Gasteiger partial charge in [-0.1, -0.05) is 19.3 Å². The van der Waals surface area contributed by atoms with E-state index < -0.39 is 0 Å². The monoisotopic (exact) mass is 240 g/mol. The van der Waals surface area contributed by atoms with Crippen molar-refractivity contribution in [1.29, 1.82) is 0 Å². The lowest BCUT2D eigenvalue weighted by atomic mass is 9.94. The van der Waals surface area contributed by atoms with Gasteiger partial charge >= 0.3 is 0 Å². The normalized spacial score (nSPS) is 19.0.